The molecule has 2 nitrogen and oxygen atoms in total. The summed E-state index contributed by atoms with van der Waals surface area (Å²) >= 11 is 7.19. The van der Waals surface area contributed by atoms with Crippen molar-refractivity contribution in [2.24, 2.45) is 4.99 Å². The number of alkyl halides is 1. The first-order valence-corrected chi connectivity index (χ1v) is 7.81. The average molecular weight is 296 g/mol. The summed E-state index contributed by atoms with van der Waals surface area (Å²) in [7, 11) is 0. The van der Waals surface area contributed by atoms with Crippen LogP contribution in [0.3, 0.4) is 0 Å². The van der Waals surface area contributed by atoms with E-state index >= 15 is 0 Å². The largest absolute Gasteiger partial charge is 0.464 e. The number of benzene rings is 1. The van der Waals surface area contributed by atoms with Crippen molar-refractivity contribution in [1.82, 2.24) is 0 Å². The fourth-order valence-corrected chi connectivity index (χ4v) is 2.95. The highest BCUT2D eigenvalue weighted by Crippen LogP contribution is 2.39. The van der Waals surface area contributed by atoms with Gasteiger partial charge in [0.15, 0.2) is 0 Å². The molecule has 0 amide bonds. The molecule has 0 unspecified atom stereocenters. The van der Waals surface area contributed by atoms with Crippen molar-refractivity contribution in [2.75, 3.05) is 11.6 Å². The third kappa shape index (κ3) is 3.77. The maximum atomic E-state index is 5.94. The first-order chi connectivity index (χ1) is 9.13. The fourth-order valence-electron chi connectivity index (χ4n) is 2.00. The molecule has 0 N–H and O–H groups in total. The standard InChI is InChI=1S/C15H18ClNOS/c1-15(2)13(12-8-4-3-5-9-12)17-14(18-15)19-11-7-6-10-16/h3-9,13H,10-11H2,1-2H3/b7-6+/t13-/m1/s1. The van der Waals surface area contributed by atoms with E-state index in [4.69, 9.17) is 21.3 Å². The Hall–Kier alpha value is -0.930. The molecule has 0 radical (unpaired) electrons. The molecule has 2 rings (SSSR count). The lowest BCUT2D eigenvalue weighted by Crippen LogP contribution is -2.27. The fraction of sp³-hybridized carbons (Fsp3) is 0.400. The smallest absolute Gasteiger partial charge is 0.247 e. The Morgan fingerprint density at radius 3 is 2.74 bits per heavy atom. The molecule has 1 heterocycles. The van der Waals surface area contributed by atoms with Gasteiger partial charge in [0.1, 0.15) is 11.6 Å². The number of ether oxygens (including phenoxy) is 1. The summed E-state index contributed by atoms with van der Waals surface area (Å²) in [6.07, 6.45) is 3.97. The quantitative estimate of drug-likeness (QED) is 0.606. The Kier molecular flexibility index (Phi) is 4.94. The molecular weight excluding hydrogens is 278 g/mol. The second-order valence-electron chi connectivity index (χ2n) is 4.85. The van der Waals surface area contributed by atoms with Crippen LogP contribution in [0.15, 0.2) is 47.5 Å². The van der Waals surface area contributed by atoms with E-state index in [1.165, 1.54) is 5.56 Å². The SMILES string of the molecule is CC1(C)OC(SC/C=C/CCl)=N[C@@H]1c1ccccc1. The van der Waals surface area contributed by atoms with Gasteiger partial charge in [-0.25, -0.2) is 4.99 Å². The summed E-state index contributed by atoms with van der Waals surface area (Å²) in [5, 5.41) is 0.762. The van der Waals surface area contributed by atoms with E-state index in [1.54, 1.807) is 11.8 Å². The molecule has 1 aromatic carbocycles. The highest BCUT2D eigenvalue weighted by Gasteiger charge is 2.39. The maximum absolute atomic E-state index is 5.94. The molecule has 102 valence electrons. The Morgan fingerprint density at radius 2 is 2.05 bits per heavy atom. The van der Waals surface area contributed by atoms with Gasteiger partial charge in [-0.05, 0) is 19.4 Å². The molecule has 1 aliphatic rings. The molecular formula is C15H18ClNOS. The van der Waals surface area contributed by atoms with E-state index in [0.29, 0.717) is 5.88 Å². The van der Waals surface area contributed by atoms with Crippen molar-refractivity contribution in [1.29, 1.82) is 0 Å². The van der Waals surface area contributed by atoms with Crippen LogP contribution in [0.25, 0.3) is 0 Å². The first kappa shape index (κ1) is 14.5. The Balaban J connectivity index is 2.06. The molecule has 0 aromatic heterocycles. The third-order valence-electron chi connectivity index (χ3n) is 2.92. The minimum Gasteiger partial charge on any atom is -0.464 e. The summed E-state index contributed by atoms with van der Waals surface area (Å²) in [5.74, 6) is 1.38. The van der Waals surface area contributed by atoms with Gasteiger partial charge in [-0.15, -0.1) is 11.6 Å². The third-order valence-corrected chi connectivity index (χ3v) is 3.89. The van der Waals surface area contributed by atoms with Crippen molar-refractivity contribution in [3.8, 4) is 0 Å². The molecule has 1 aromatic rings. The normalized spacial score (nSPS) is 21.4. The molecule has 19 heavy (non-hydrogen) atoms. The Bertz CT molecular complexity index is 470. The second-order valence-corrected chi connectivity index (χ2v) is 6.13. The van der Waals surface area contributed by atoms with Crippen LogP contribution in [0.2, 0.25) is 0 Å². The molecule has 0 bridgehead atoms. The van der Waals surface area contributed by atoms with Crippen molar-refractivity contribution in [3.05, 3.63) is 48.0 Å². The summed E-state index contributed by atoms with van der Waals surface area (Å²) in [6, 6.07) is 10.3. The van der Waals surface area contributed by atoms with E-state index in [2.05, 4.69) is 26.0 Å². The van der Waals surface area contributed by atoms with Crippen molar-refractivity contribution >= 4 is 28.6 Å². The zero-order chi connectivity index (χ0) is 13.7. The van der Waals surface area contributed by atoms with Crippen LogP contribution < -0.4 is 0 Å². The van der Waals surface area contributed by atoms with Gasteiger partial charge in [0, 0.05) is 11.6 Å². The highest BCUT2D eigenvalue weighted by molar-refractivity contribution is 8.13. The van der Waals surface area contributed by atoms with Gasteiger partial charge in [0.25, 0.3) is 0 Å². The number of rotatable bonds is 4. The summed E-state index contributed by atoms with van der Waals surface area (Å²) in [6.45, 7) is 4.16. The van der Waals surface area contributed by atoms with E-state index < -0.39 is 0 Å². The topological polar surface area (TPSA) is 21.6 Å². The van der Waals surface area contributed by atoms with Crippen LogP contribution in [0.1, 0.15) is 25.5 Å². The minimum atomic E-state index is -0.292. The van der Waals surface area contributed by atoms with Crippen LogP contribution in [-0.2, 0) is 4.74 Å². The minimum absolute atomic E-state index is 0.0632. The van der Waals surface area contributed by atoms with Crippen LogP contribution >= 0.6 is 23.4 Å². The van der Waals surface area contributed by atoms with Crippen LogP contribution in [0.5, 0.6) is 0 Å². The predicted molar refractivity (Wildman–Crippen MR) is 84.1 cm³/mol. The zero-order valence-corrected chi connectivity index (χ0v) is 12.7. The first-order valence-electron chi connectivity index (χ1n) is 6.29. The van der Waals surface area contributed by atoms with Crippen LogP contribution in [0, 0.1) is 0 Å². The monoisotopic (exact) mass is 295 g/mol. The van der Waals surface area contributed by atoms with Crippen molar-refractivity contribution in [3.63, 3.8) is 0 Å². The van der Waals surface area contributed by atoms with Gasteiger partial charge < -0.3 is 4.74 Å². The summed E-state index contributed by atoms with van der Waals surface area (Å²) in [4.78, 5) is 4.70. The molecule has 1 aliphatic heterocycles. The lowest BCUT2D eigenvalue weighted by molar-refractivity contribution is 0.101. The number of thioether (sulfide) groups is 1. The molecule has 0 spiro atoms. The van der Waals surface area contributed by atoms with Gasteiger partial charge in [-0.1, -0.05) is 54.2 Å². The molecule has 0 fully saturated rings. The number of aliphatic imine (C=N–C) groups is 1. The molecule has 0 saturated carbocycles. The average Bonchev–Trinajstić information content (AvgIpc) is 2.71. The van der Waals surface area contributed by atoms with Gasteiger partial charge in [-0.2, -0.15) is 0 Å². The number of allylic oxidation sites excluding steroid dienone is 1. The van der Waals surface area contributed by atoms with Crippen molar-refractivity contribution in [2.45, 2.75) is 25.5 Å². The molecule has 4 heteroatoms. The van der Waals surface area contributed by atoms with E-state index in [1.807, 2.05) is 30.4 Å². The van der Waals surface area contributed by atoms with E-state index in [-0.39, 0.29) is 11.6 Å². The van der Waals surface area contributed by atoms with Gasteiger partial charge in [0.2, 0.25) is 5.23 Å². The van der Waals surface area contributed by atoms with Gasteiger partial charge in [-0.3, -0.25) is 0 Å². The summed E-state index contributed by atoms with van der Waals surface area (Å²) in [5.41, 5.74) is 0.902. The Labute approximate surface area is 123 Å². The van der Waals surface area contributed by atoms with Gasteiger partial charge >= 0.3 is 0 Å². The maximum Gasteiger partial charge on any atom is 0.247 e. The second kappa shape index (κ2) is 6.49. The summed E-state index contributed by atoms with van der Waals surface area (Å²) < 4.78 is 5.94. The van der Waals surface area contributed by atoms with Crippen molar-refractivity contribution < 1.29 is 4.74 Å². The van der Waals surface area contributed by atoms with E-state index in [0.717, 1.165) is 11.0 Å². The van der Waals surface area contributed by atoms with Gasteiger partial charge in [0.05, 0.1) is 0 Å². The molecule has 0 saturated heterocycles. The number of hydrogen-bond donors (Lipinski definition) is 0. The molecule has 1 atom stereocenters. The van der Waals surface area contributed by atoms with Crippen LogP contribution in [-0.4, -0.2) is 22.5 Å². The molecule has 0 aliphatic carbocycles. The zero-order valence-electron chi connectivity index (χ0n) is 11.2. The lowest BCUT2D eigenvalue weighted by Gasteiger charge is -2.24. The van der Waals surface area contributed by atoms with E-state index in [9.17, 15) is 0 Å². The number of halogens is 1. The Morgan fingerprint density at radius 1 is 1.32 bits per heavy atom. The van der Waals surface area contributed by atoms with Crippen LogP contribution in [0.4, 0.5) is 0 Å². The lowest BCUT2D eigenvalue weighted by atomic mass is 9.93. The number of hydrogen-bond acceptors (Lipinski definition) is 3. The predicted octanol–water partition coefficient (Wildman–Crippen LogP) is 4.42. The number of nitrogens with zero attached hydrogens (tertiary/aromatic N) is 1. The highest BCUT2D eigenvalue weighted by atomic mass is 35.5.